The van der Waals surface area contributed by atoms with Crippen molar-refractivity contribution in [2.45, 2.75) is 19.8 Å². The van der Waals surface area contributed by atoms with Crippen LogP contribution in [0.25, 0.3) is 28.2 Å². The van der Waals surface area contributed by atoms with Gasteiger partial charge in [0.1, 0.15) is 22.8 Å². The maximum atomic E-state index is 14.4. The Hall–Kier alpha value is -3.88. The summed E-state index contributed by atoms with van der Waals surface area (Å²) < 4.78 is 29.5. The lowest BCUT2D eigenvalue weighted by Gasteiger charge is -2.09. The van der Waals surface area contributed by atoms with E-state index in [1.165, 1.54) is 6.07 Å². The maximum Gasteiger partial charge on any atom is 0.332 e. The molecular weight excluding hydrogens is 392 g/mol. The lowest BCUT2D eigenvalue weighted by Crippen LogP contribution is -2.17. The molecule has 0 radical (unpaired) electrons. The van der Waals surface area contributed by atoms with Gasteiger partial charge in [-0.25, -0.2) is 28.1 Å². The molecule has 2 aromatic heterocycles. The summed E-state index contributed by atoms with van der Waals surface area (Å²) in [6, 6.07) is 10.5. The van der Waals surface area contributed by atoms with Gasteiger partial charge in [0.15, 0.2) is 17.2 Å². The number of primary amides is 1. The Bertz CT molecular complexity index is 1320. The molecule has 9 heteroatoms. The van der Waals surface area contributed by atoms with E-state index < -0.39 is 28.9 Å². The number of hydrogen-bond acceptors (Lipinski definition) is 4. The van der Waals surface area contributed by atoms with Crippen LogP contribution in [0, 0.1) is 11.6 Å². The average molecular weight is 409 g/mol. The van der Waals surface area contributed by atoms with Gasteiger partial charge in [0.05, 0.1) is 0 Å². The van der Waals surface area contributed by atoms with E-state index in [1.54, 1.807) is 12.1 Å². The minimum Gasteiger partial charge on any atom is -0.364 e. The molecule has 0 atom stereocenters. The molecule has 30 heavy (non-hydrogen) atoms. The second-order valence-electron chi connectivity index (χ2n) is 7.07. The third kappa shape index (κ3) is 3.14. The van der Waals surface area contributed by atoms with Crippen LogP contribution in [0.4, 0.5) is 8.78 Å². The lowest BCUT2D eigenvalue weighted by atomic mass is 10.0. The number of carbonyl (C=O) groups is 1. The molecule has 0 aliphatic carbocycles. The summed E-state index contributed by atoms with van der Waals surface area (Å²) in [7, 11) is 0. The van der Waals surface area contributed by atoms with Crippen molar-refractivity contribution in [2.24, 2.45) is 5.73 Å². The van der Waals surface area contributed by atoms with Crippen LogP contribution >= 0.6 is 0 Å². The molecule has 4 rings (SSSR count). The molecular formula is C21H17F2N5O2. The number of nitrogens with zero attached hydrogens (tertiary/aromatic N) is 3. The standard InChI is InChI=1S/C21H17F2N5O2/c1-10(2)11-6-8-12(9-7-11)19-25-15(18(24)29)16-20(27-19)28(21(30)26-16)17-13(22)4-3-5-14(17)23/h3-10H,1-2H3,(H2,24,29)(H,26,30). The number of amides is 1. The van der Waals surface area contributed by atoms with Crippen LogP contribution < -0.4 is 11.4 Å². The van der Waals surface area contributed by atoms with E-state index >= 15 is 0 Å². The van der Waals surface area contributed by atoms with Crippen LogP contribution in [0.1, 0.15) is 35.8 Å². The van der Waals surface area contributed by atoms with Crippen molar-refractivity contribution < 1.29 is 13.6 Å². The summed E-state index contributed by atoms with van der Waals surface area (Å²) >= 11 is 0. The number of nitrogens with one attached hydrogen (secondary N) is 1. The number of aromatic amines is 1. The summed E-state index contributed by atoms with van der Waals surface area (Å²) in [6.07, 6.45) is 0. The van der Waals surface area contributed by atoms with Gasteiger partial charge in [-0.2, -0.15) is 0 Å². The molecule has 0 fully saturated rings. The number of imidazole rings is 1. The number of nitrogens with two attached hydrogens (primary N) is 1. The van der Waals surface area contributed by atoms with Crippen molar-refractivity contribution >= 4 is 17.1 Å². The van der Waals surface area contributed by atoms with Crippen LogP contribution in [0.5, 0.6) is 0 Å². The zero-order valence-corrected chi connectivity index (χ0v) is 16.1. The number of halogens is 2. The number of para-hydroxylation sites is 1. The van der Waals surface area contributed by atoms with Gasteiger partial charge in [0.2, 0.25) is 0 Å². The van der Waals surface area contributed by atoms with Gasteiger partial charge in [-0.15, -0.1) is 0 Å². The van der Waals surface area contributed by atoms with Gasteiger partial charge in [0, 0.05) is 5.56 Å². The van der Waals surface area contributed by atoms with Crippen molar-refractivity contribution in [1.29, 1.82) is 0 Å². The third-order valence-corrected chi connectivity index (χ3v) is 4.77. The quantitative estimate of drug-likeness (QED) is 0.539. The first-order chi connectivity index (χ1) is 14.3. The smallest absolute Gasteiger partial charge is 0.332 e. The lowest BCUT2D eigenvalue weighted by molar-refractivity contribution is 0.0997. The molecule has 0 aliphatic heterocycles. The second kappa shape index (κ2) is 7.18. The Kier molecular flexibility index (Phi) is 4.65. The molecule has 2 aromatic carbocycles. The summed E-state index contributed by atoms with van der Waals surface area (Å²) in [5, 5.41) is 0. The van der Waals surface area contributed by atoms with E-state index in [4.69, 9.17) is 5.73 Å². The predicted molar refractivity (Wildman–Crippen MR) is 107 cm³/mol. The first kappa shape index (κ1) is 19.4. The van der Waals surface area contributed by atoms with Crippen LogP contribution in [0.2, 0.25) is 0 Å². The third-order valence-electron chi connectivity index (χ3n) is 4.77. The number of rotatable bonds is 4. The molecule has 0 saturated heterocycles. The fraction of sp³-hybridized carbons (Fsp3) is 0.143. The predicted octanol–water partition coefficient (Wildman–Crippen LogP) is 3.28. The Morgan fingerprint density at radius 2 is 1.70 bits per heavy atom. The summed E-state index contributed by atoms with van der Waals surface area (Å²) in [4.78, 5) is 35.4. The van der Waals surface area contributed by atoms with Gasteiger partial charge >= 0.3 is 5.69 Å². The van der Waals surface area contributed by atoms with E-state index in [9.17, 15) is 18.4 Å². The van der Waals surface area contributed by atoms with Crippen LogP contribution in [0.15, 0.2) is 47.3 Å². The van der Waals surface area contributed by atoms with Crippen molar-refractivity contribution in [3.05, 3.63) is 75.8 Å². The van der Waals surface area contributed by atoms with Gasteiger partial charge in [-0.05, 0) is 23.6 Å². The van der Waals surface area contributed by atoms with E-state index in [-0.39, 0.29) is 22.7 Å². The Morgan fingerprint density at radius 1 is 1.07 bits per heavy atom. The zero-order chi connectivity index (χ0) is 21.6. The van der Waals surface area contributed by atoms with E-state index in [0.717, 1.165) is 22.3 Å². The Labute approximate surface area is 169 Å². The van der Waals surface area contributed by atoms with Crippen molar-refractivity contribution in [2.75, 3.05) is 0 Å². The van der Waals surface area contributed by atoms with Gasteiger partial charge < -0.3 is 10.7 Å². The van der Waals surface area contributed by atoms with Crippen molar-refractivity contribution in [3.8, 4) is 17.1 Å². The van der Waals surface area contributed by atoms with E-state index in [2.05, 4.69) is 15.0 Å². The van der Waals surface area contributed by atoms with Crippen LogP contribution in [0.3, 0.4) is 0 Å². The number of hydrogen-bond donors (Lipinski definition) is 2. The molecule has 0 spiro atoms. The molecule has 152 valence electrons. The van der Waals surface area contributed by atoms with Crippen molar-refractivity contribution in [3.63, 3.8) is 0 Å². The number of H-pyrrole nitrogens is 1. The molecule has 2 heterocycles. The van der Waals surface area contributed by atoms with Gasteiger partial charge in [0.25, 0.3) is 5.91 Å². The maximum absolute atomic E-state index is 14.4. The SMILES string of the molecule is CC(C)c1ccc(-c2nc(C(N)=O)c3[nH]c(=O)n(-c4c(F)cccc4F)c3n2)cc1. The molecule has 1 amide bonds. The molecule has 7 nitrogen and oxygen atoms in total. The van der Waals surface area contributed by atoms with E-state index in [1.807, 2.05) is 26.0 Å². The number of carbonyl (C=O) groups excluding carboxylic acids is 1. The fourth-order valence-corrected chi connectivity index (χ4v) is 3.22. The molecule has 4 aromatic rings. The van der Waals surface area contributed by atoms with Crippen LogP contribution in [-0.2, 0) is 0 Å². The first-order valence-electron chi connectivity index (χ1n) is 9.15. The highest BCUT2D eigenvalue weighted by Crippen LogP contribution is 2.25. The van der Waals surface area contributed by atoms with E-state index in [0.29, 0.717) is 11.5 Å². The summed E-state index contributed by atoms with van der Waals surface area (Å²) in [6.45, 7) is 4.09. The normalized spacial score (nSPS) is 11.4. The first-order valence-corrected chi connectivity index (χ1v) is 9.15. The molecule has 0 unspecified atom stereocenters. The minimum atomic E-state index is -0.958. The average Bonchev–Trinajstić information content (AvgIpc) is 3.03. The van der Waals surface area contributed by atoms with Crippen molar-refractivity contribution in [1.82, 2.24) is 19.5 Å². The number of benzene rings is 2. The zero-order valence-electron chi connectivity index (χ0n) is 16.1. The fourth-order valence-electron chi connectivity index (χ4n) is 3.22. The monoisotopic (exact) mass is 409 g/mol. The summed E-state index contributed by atoms with van der Waals surface area (Å²) in [5.41, 5.74) is 5.08. The topological polar surface area (TPSA) is 107 Å². The highest BCUT2D eigenvalue weighted by molar-refractivity contribution is 6.02. The molecule has 3 N–H and O–H groups in total. The highest BCUT2D eigenvalue weighted by atomic mass is 19.1. The Balaban J connectivity index is 2.03. The highest BCUT2D eigenvalue weighted by Gasteiger charge is 2.23. The van der Waals surface area contributed by atoms with Gasteiger partial charge in [-0.1, -0.05) is 44.2 Å². The molecule has 0 bridgehead atoms. The number of aromatic nitrogens is 4. The summed E-state index contributed by atoms with van der Waals surface area (Å²) in [5.74, 6) is -2.43. The molecule has 0 saturated carbocycles. The minimum absolute atomic E-state index is 0.0936. The largest absolute Gasteiger partial charge is 0.364 e. The van der Waals surface area contributed by atoms with Gasteiger partial charge in [-0.3, -0.25) is 4.79 Å². The Morgan fingerprint density at radius 3 is 2.27 bits per heavy atom. The second-order valence-corrected chi connectivity index (χ2v) is 7.07. The number of fused-ring (bicyclic) bond motifs is 1. The van der Waals surface area contributed by atoms with Crippen LogP contribution in [-0.4, -0.2) is 25.4 Å². The molecule has 0 aliphatic rings.